The summed E-state index contributed by atoms with van der Waals surface area (Å²) in [6.07, 6.45) is 1.67. The van der Waals surface area contributed by atoms with Crippen LogP contribution in [0.4, 0.5) is 0 Å². The maximum absolute atomic E-state index is 9.68. The van der Waals surface area contributed by atoms with Gasteiger partial charge < -0.3 is 10.4 Å². The van der Waals surface area contributed by atoms with Gasteiger partial charge in [0.25, 0.3) is 0 Å². The molecule has 0 aliphatic heterocycles. The van der Waals surface area contributed by atoms with E-state index in [-0.39, 0.29) is 6.10 Å². The van der Waals surface area contributed by atoms with E-state index >= 15 is 0 Å². The van der Waals surface area contributed by atoms with Crippen molar-refractivity contribution in [3.63, 3.8) is 0 Å². The van der Waals surface area contributed by atoms with Crippen molar-refractivity contribution in [1.29, 1.82) is 0 Å². The highest BCUT2D eigenvalue weighted by Gasteiger charge is 2.06. The summed E-state index contributed by atoms with van der Waals surface area (Å²) in [5.41, 5.74) is 0. The summed E-state index contributed by atoms with van der Waals surface area (Å²) < 4.78 is 0. The Labute approximate surface area is 83.6 Å². The fourth-order valence-corrected chi connectivity index (χ4v) is 1.91. The molecular weight excluding hydrogens is 182 g/mol. The van der Waals surface area contributed by atoms with Crippen molar-refractivity contribution >= 4 is 11.3 Å². The quantitative estimate of drug-likeness (QED) is 0.688. The number of hydrogen-bond acceptors (Lipinski definition) is 3. The topological polar surface area (TPSA) is 32.3 Å². The van der Waals surface area contributed by atoms with Crippen molar-refractivity contribution in [2.24, 2.45) is 0 Å². The molecule has 0 amide bonds. The van der Waals surface area contributed by atoms with E-state index in [1.165, 1.54) is 0 Å². The Hall–Kier alpha value is -0.380. The predicted molar refractivity (Wildman–Crippen MR) is 57.1 cm³/mol. The van der Waals surface area contributed by atoms with Crippen LogP contribution in [0, 0.1) is 0 Å². The van der Waals surface area contributed by atoms with Gasteiger partial charge in [0.05, 0.1) is 6.10 Å². The highest BCUT2D eigenvalue weighted by molar-refractivity contribution is 7.10. The highest BCUT2D eigenvalue weighted by Crippen LogP contribution is 2.20. The predicted octanol–water partition coefficient (Wildman–Crippen LogP) is 2.17. The highest BCUT2D eigenvalue weighted by atomic mass is 32.1. The summed E-state index contributed by atoms with van der Waals surface area (Å²) in [4.78, 5) is 1.07. The lowest BCUT2D eigenvalue weighted by molar-refractivity contribution is 0.170. The van der Waals surface area contributed by atoms with Crippen LogP contribution < -0.4 is 5.32 Å². The summed E-state index contributed by atoms with van der Waals surface area (Å²) in [5, 5.41) is 14.9. The van der Waals surface area contributed by atoms with E-state index < -0.39 is 0 Å². The number of rotatable bonds is 6. The molecule has 74 valence electrons. The zero-order chi connectivity index (χ0) is 9.52. The normalized spacial score (nSPS) is 13.1. The third-order valence-corrected chi connectivity index (χ3v) is 2.87. The molecule has 0 bridgehead atoms. The van der Waals surface area contributed by atoms with Gasteiger partial charge in [-0.05, 0) is 37.4 Å². The molecule has 0 spiro atoms. The van der Waals surface area contributed by atoms with Gasteiger partial charge in [-0.25, -0.2) is 0 Å². The third kappa shape index (κ3) is 3.89. The van der Waals surface area contributed by atoms with E-state index in [1.807, 2.05) is 17.5 Å². The first-order valence-electron chi connectivity index (χ1n) is 4.76. The number of hydrogen-bond donors (Lipinski definition) is 2. The molecule has 2 N–H and O–H groups in total. The van der Waals surface area contributed by atoms with Crippen LogP contribution >= 0.6 is 11.3 Å². The van der Waals surface area contributed by atoms with Crippen LogP contribution in [0.5, 0.6) is 0 Å². The Kier molecular flexibility index (Phi) is 5.05. The maximum atomic E-state index is 9.68. The first-order chi connectivity index (χ1) is 6.34. The molecule has 3 heteroatoms. The largest absolute Gasteiger partial charge is 0.388 e. The molecule has 1 unspecified atom stereocenters. The molecule has 1 heterocycles. The van der Waals surface area contributed by atoms with E-state index in [0.29, 0.717) is 0 Å². The molecule has 1 aromatic heterocycles. The van der Waals surface area contributed by atoms with Crippen molar-refractivity contribution in [2.75, 3.05) is 13.1 Å². The first kappa shape index (κ1) is 10.7. The molecule has 1 rings (SSSR count). The molecule has 0 saturated carbocycles. The zero-order valence-corrected chi connectivity index (χ0v) is 8.81. The average molecular weight is 199 g/mol. The average Bonchev–Trinajstić information content (AvgIpc) is 2.65. The molecule has 13 heavy (non-hydrogen) atoms. The number of aliphatic hydroxyl groups excluding tert-OH is 1. The van der Waals surface area contributed by atoms with Gasteiger partial charge in [-0.1, -0.05) is 13.0 Å². The Bertz CT molecular complexity index is 211. The molecule has 2 nitrogen and oxygen atoms in total. The van der Waals surface area contributed by atoms with Gasteiger partial charge in [-0.2, -0.15) is 0 Å². The van der Waals surface area contributed by atoms with Gasteiger partial charge in [0.2, 0.25) is 0 Å². The van der Waals surface area contributed by atoms with E-state index in [9.17, 15) is 5.11 Å². The fourth-order valence-electron chi connectivity index (χ4n) is 1.16. The minimum atomic E-state index is -0.288. The Balaban J connectivity index is 2.15. The van der Waals surface area contributed by atoms with Crippen LogP contribution in [-0.2, 0) is 0 Å². The first-order valence-corrected chi connectivity index (χ1v) is 5.64. The van der Waals surface area contributed by atoms with E-state index in [0.717, 1.165) is 30.8 Å². The molecule has 0 fully saturated rings. The van der Waals surface area contributed by atoms with Crippen LogP contribution in [0.3, 0.4) is 0 Å². The lowest BCUT2D eigenvalue weighted by Gasteiger charge is -2.08. The number of thiophene rings is 1. The van der Waals surface area contributed by atoms with Gasteiger partial charge in [0.1, 0.15) is 0 Å². The molecule has 0 aliphatic rings. The van der Waals surface area contributed by atoms with Gasteiger partial charge in [-0.15, -0.1) is 11.3 Å². The summed E-state index contributed by atoms with van der Waals surface area (Å²) in [7, 11) is 0. The summed E-state index contributed by atoms with van der Waals surface area (Å²) in [5.74, 6) is 0. The maximum Gasteiger partial charge on any atom is 0.0894 e. The molecule has 0 saturated heterocycles. The molecule has 1 aromatic rings. The van der Waals surface area contributed by atoms with Crippen LogP contribution in [0.25, 0.3) is 0 Å². The van der Waals surface area contributed by atoms with E-state index in [2.05, 4.69) is 12.2 Å². The minimum absolute atomic E-state index is 0.288. The van der Waals surface area contributed by atoms with Crippen LogP contribution in [-0.4, -0.2) is 18.2 Å². The molecule has 1 atom stereocenters. The van der Waals surface area contributed by atoms with Crippen LogP contribution in [0.2, 0.25) is 0 Å². The van der Waals surface area contributed by atoms with E-state index in [1.54, 1.807) is 11.3 Å². The fraction of sp³-hybridized carbons (Fsp3) is 0.600. The Morgan fingerprint density at radius 2 is 2.38 bits per heavy atom. The van der Waals surface area contributed by atoms with Crippen molar-refractivity contribution in [3.05, 3.63) is 22.4 Å². The summed E-state index contributed by atoms with van der Waals surface area (Å²) in [6.45, 7) is 4.08. The third-order valence-electron chi connectivity index (χ3n) is 1.89. The molecule has 0 radical (unpaired) electrons. The summed E-state index contributed by atoms with van der Waals surface area (Å²) in [6, 6.07) is 3.96. The minimum Gasteiger partial charge on any atom is -0.388 e. The lowest BCUT2D eigenvalue weighted by atomic mass is 10.2. The Morgan fingerprint density at radius 3 is 3.00 bits per heavy atom. The number of aliphatic hydroxyl groups is 1. The van der Waals surface area contributed by atoms with Gasteiger partial charge in [0, 0.05) is 4.88 Å². The van der Waals surface area contributed by atoms with E-state index in [4.69, 9.17) is 0 Å². The van der Waals surface area contributed by atoms with Crippen LogP contribution in [0.1, 0.15) is 30.7 Å². The van der Waals surface area contributed by atoms with Crippen molar-refractivity contribution in [2.45, 2.75) is 25.9 Å². The zero-order valence-electron chi connectivity index (χ0n) is 7.99. The van der Waals surface area contributed by atoms with Crippen molar-refractivity contribution in [1.82, 2.24) is 5.32 Å². The van der Waals surface area contributed by atoms with Crippen LogP contribution in [0.15, 0.2) is 17.5 Å². The number of nitrogens with one attached hydrogen (secondary N) is 1. The molecule has 0 aliphatic carbocycles. The van der Waals surface area contributed by atoms with Gasteiger partial charge >= 0.3 is 0 Å². The molecule has 0 aromatic carbocycles. The standard InChI is InChI=1S/C10H17NOS/c1-2-6-11-7-5-9(12)10-4-3-8-13-10/h3-4,8-9,11-12H,2,5-7H2,1H3. The van der Waals surface area contributed by atoms with Crippen molar-refractivity contribution < 1.29 is 5.11 Å². The second-order valence-electron chi connectivity index (χ2n) is 3.07. The second kappa shape index (κ2) is 6.13. The SMILES string of the molecule is CCCNCCC(O)c1cccs1. The smallest absolute Gasteiger partial charge is 0.0894 e. The Morgan fingerprint density at radius 1 is 1.54 bits per heavy atom. The monoisotopic (exact) mass is 199 g/mol. The molecular formula is C10H17NOS. The lowest BCUT2D eigenvalue weighted by Crippen LogP contribution is -2.17. The second-order valence-corrected chi connectivity index (χ2v) is 4.05. The summed E-state index contributed by atoms with van der Waals surface area (Å²) >= 11 is 1.62. The van der Waals surface area contributed by atoms with Gasteiger partial charge in [0.15, 0.2) is 0 Å². The van der Waals surface area contributed by atoms with Crippen molar-refractivity contribution in [3.8, 4) is 0 Å². The van der Waals surface area contributed by atoms with Gasteiger partial charge in [-0.3, -0.25) is 0 Å².